The number of carbonyl (C=O) groups excluding carboxylic acids is 1. The molecule has 1 aromatic heterocycles. The van der Waals surface area contributed by atoms with Crippen LogP contribution in [-0.2, 0) is 0 Å². The number of rotatable bonds is 4. The van der Waals surface area contributed by atoms with Gasteiger partial charge >= 0.3 is 0 Å². The molecule has 24 heavy (non-hydrogen) atoms. The van der Waals surface area contributed by atoms with Gasteiger partial charge in [-0.05, 0) is 36.4 Å². The van der Waals surface area contributed by atoms with E-state index in [2.05, 4.69) is 4.98 Å². The topological polar surface area (TPSA) is 66.6 Å². The molecule has 124 valence electrons. The molecule has 0 saturated heterocycles. The zero-order valence-corrected chi connectivity index (χ0v) is 14.3. The normalized spacial score (nSPS) is 11.0. The van der Waals surface area contributed by atoms with Crippen LogP contribution in [0.5, 0.6) is 0 Å². The first-order valence-electron chi connectivity index (χ1n) is 7.21. The smallest absolute Gasteiger partial charge is 0.253 e. The van der Waals surface area contributed by atoms with Gasteiger partial charge in [0.05, 0.1) is 6.61 Å². The van der Waals surface area contributed by atoms with Crippen molar-refractivity contribution in [3.63, 3.8) is 0 Å². The van der Waals surface area contributed by atoms with Crippen LogP contribution in [0.1, 0.15) is 10.4 Å². The Kier molecular flexibility index (Phi) is 4.76. The summed E-state index contributed by atoms with van der Waals surface area (Å²) in [6, 6.07) is 10.1. The van der Waals surface area contributed by atoms with Gasteiger partial charge < -0.3 is 14.4 Å². The van der Waals surface area contributed by atoms with Crippen LogP contribution in [0.25, 0.3) is 22.6 Å². The lowest BCUT2D eigenvalue weighted by Crippen LogP contribution is -2.29. The van der Waals surface area contributed by atoms with Gasteiger partial charge in [-0.3, -0.25) is 4.79 Å². The Morgan fingerprint density at radius 3 is 2.58 bits per heavy atom. The standard InChI is InChI=1S/C17H14Cl2N2O3/c1-21(4-5-22)17(23)10-2-3-14-15(8-10)24-16(20-14)11-6-12(18)9-13(19)7-11/h2-3,6-9,22H,4-5H2,1H3. The van der Waals surface area contributed by atoms with Gasteiger partial charge in [0.15, 0.2) is 5.58 Å². The Hall–Kier alpha value is -2.08. The van der Waals surface area contributed by atoms with Crippen molar-refractivity contribution < 1.29 is 14.3 Å². The van der Waals surface area contributed by atoms with Crippen LogP contribution in [0.15, 0.2) is 40.8 Å². The van der Waals surface area contributed by atoms with Gasteiger partial charge in [-0.2, -0.15) is 0 Å². The van der Waals surface area contributed by atoms with E-state index < -0.39 is 0 Å². The van der Waals surface area contributed by atoms with Crippen molar-refractivity contribution in [1.29, 1.82) is 0 Å². The van der Waals surface area contributed by atoms with E-state index in [0.29, 0.717) is 38.2 Å². The maximum absolute atomic E-state index is 12.3. The van der Waals surface area contributed by atoms with Crippen molar-refractivity contribution in [2.24, 2.45) is 0 Å². The molecule has 0 saturated carbocycles. The third-order valence-corrected chi connectivity index (χ3v) is 3.96. The predicted molar refractivity (Wildman–Crippen MR) is 93.5 cm³/mol. The molecule has 0 atom stereocenters. The average Bonchev–Trinajstić information content (AvgIpc) is 2.96. The summed E-state index contributed by atoms with van der Waals surface area (Å²) in [7, 11) is 1.63. The van der Waals surface area contributed by atoms with Gasteiger partial charge in [-0.25, -0.2) is 4.98 Å². The number of halogens is 2. The zero-order chi connectivity index (χ0) is 17.3. The van der Waals surface area contributed by atoms with Crippen molar-refractivity contribution in [1.82, 2.24) is 9.88 Å². The predicted octanol–water partition coefficient (Wildman–Crippen LogP) is 3.87. The molecule has 0 spiro atoms. The third-order valence-electron chi connectivity index (χ3n) is 3.53. The lowest BCUT2D eigenvalue weighted by molar-refractivity contribution is 0.0767. The van der Waals surface area contributed by atoms with E-state index in [1.54, 1.807) is 43.4 Å². The number of hydrogen-bond acceptors (Lipinski definition) is 4. The number of carbonyl (C=O) groups is 1. The van der Waals surface area contributed by atoms with E-state index in [0.717, 1.165) is 0 Å². The number of aromatic nitrogens is 1. The summed E-state index contributed by atoms with van der Waals surface area (Å²) in [5.74, 6) is 0.178. The number of fused-ring (bicyclic) bond motifs is 1. The minimum Gasteiger partial charge on any atom is -0.436 e. The second kappa shape index (κ2) is 6.81. The summed E-state index contributed by atoms with van der Waals surface area (Å²) in [4.78, 5) is 18.1. The first-order valence-corrected chi connectivity index (χ1v) is 7.97. The Bertz CT molecular complexity index is 888. The number of likely N-dealkylation sites (N-methyl/N-ethyl adjacent to an activating group) is 1. The molecule has 1 amide bonds. The lowest BCUT2D eigenvalue weighted by Gasteiger charge is -2.15. The van der Waals surface area contributed by atoms with E-state index in [1.807, 2.05) is 0 Å². The van der Waals surface area contributed by atoms with Crippen molar-refractivity contribution in [2.45, 2.75) is 0 Å². The van der Waals surface area contributed by atoms with Crippen LogP contribution in [0.2, 0.25) is 10.0 Å². The molecule has 1 heterocycles. The number of nitrogens with zero attached hydrogens (tertiary/aromatic N) is 2. The van der Waals surface area contributed by atoms with Crippen LogP contribution in [0.3, 0.4) is 0 Å². The first-order chi connectivity index (χ1) is 11.5. The zero-order valence-electron chi connectivity index (χ0n) is 12.8. The molecule has 0 fully saturated rings. The molecule has 1 N–H and O–H groups in total. The van der Waals surface area contributed by atoms with Crippen molar-refractivity contribution in [3.05, 3.63) is 52.0 Å². The number of oxazole rings is 1. The summed E-state index contributed by atoms with van der Waals surface area (Å²) in [6.45, 7) is 0.173. The number of amides is 1. The molecule has 0 aliphatic heterocycles. The molecule has 0 radical (unpaired) electrons. The Morgan fingerprint density at radius 1 is 1.21 bits per heavy atom. The molecule has 0 bridgehead atoms. The first kappa shape index (κ1) is 16.8. The summed E-state index contributed by atoms with van der Waals surface area (Å²) >= 11 is 12.0. The molecule has 5 nitrogen and oxygen atoms in total. The molecule has 3 rings (SSSR count). The van der Waals surface area contributed by atoms with Crippen LogP contribution in [0, 0.1) is 0 Å². The fourth-order valence-corrected chi connectivity index (χ4v) is 2.86. The highest BCUT2D eigenvalue weighted by Crippen LogP contribution is 2.29. The number of aliphatic hydroxyl groups is 1. The molecule has 0 unspecified atom stereocenters. The molecule has 7 heteroatoms. The Morgan fingerprint density at radius 2 is 1.92 bits per heavy atom. The van der Waals surface area contributed by atoms with E-state index >= 15 is 0 Å². The molecule has 2 aromatic carbocycles. The minimum absolute atomic E-state index is 0.0908. The van der Waals surface area contributed by atoms with Gasteiger partial charge in [0.2, 0.25) is 5.89 Å². The third kappa shape index (κ3) is 3.38. The lowest BCUT2D eigenvalue weighted by atomic mass is 10.2. The summed E-state index contributed by atoms with van der Waals surface area (Å²) in [6.07, 6.45) is 0. The quantitative estimate of drug-likeness (QED) is 0.762. The van der Waals surface area contributed by atoms with Crippen LogP contribution >= 0.6 is 23.2 Å². The highest BCUT2D eigenvalue weighted by molar-refractivity contribution is 6.35. The number of benzene rings is 2. The molecular weight excluding hydrogens is 351 g/mol. The highest BCUT2D eigenvalue weighted by atomic mass is 35.5. The van der Waals surface area contributed by atoms with Crippen LogP contribution in [-0.4, -0.2) is 41.1 Å². The second-order valence-electron chi connectivity index (χ2n) is 5.31. The molecule has 3 aromatic rings. The van der Waals surface area contributed by atoms with Crippen LogP contribution < -0.4 is 0 Å². The summed E-state index contributed by atoms with van der Waals surface area (Å²) in [5, 5.41) is 9.91. The van der Waals surface area contributed by atoms with Gasteiger partial charge in [0, 0.05) is 34.8 Å². The molecular formula is C17H14Cl2N2O3. The number of hydrogen-bond donors (Lipinski definition) is 1. The maximum Gasteiger partial charge on any atom is 0.253 e. The van der Waals surface area contributed by atoms with E-state index in [9.17, 15) is 4.79 Å². The van der Waals surface area contributed by atoms with Crippen molar-refractivity contribution in [2.75, 3.05) is 20.2 Å². The Balaban J connectivity index is 1.98. The van der Waals surface area contributed by atoms with Gasteiger partial charge in [-0.15, -0.1) is 0 Å². The Labute approximate surface area is 148 Å². The van der Waals surface area contributed by atoms with Crippen molar-refractivity contribution in [3.8, 4) is 11.5 Å². The summed E-state index contributed by atoms with van der Waals surface area (Å²) in [5.41, 5.74) is 2.24. The average molecular weight is 365 g/mol. The summed E-state index contributed by atoms with van der Waals surface area (Å²) < 4.78 is 5.75. The maximum atomic E-state index is 12.3. The van der Waals surface area contributed by atoms with Gasteiger partial charge in [-0.1, -0.05) is 23.2 Å². The van der Waals surface area contributed by atoms with E-state index in [-0.39, 0.29) is 19.1 Å². The SMILES string of the molecule is CN(CCO)C(=O)c1ccc2nc(-c3cc(Cl)cc(Cl)c3)oc2c1. The fourth-order valence-electron chi connectivity index (χ4n) is 2.33. The van der Waals surface area contributed by atoms with E-state index in [1.165, 1.54) is 4.90 Å². The monoisotopic (exact) mass is 364 g/mol. The van der Waals surface area contributed by atoms with Gasteiger partial charge in [0.1, 0.15) is 5.52 Å². The van der Waals surface area contributed by atoms with E-state index in [4.69, 9.17) is 32.7 Å². The highest BCUT2D eigenvalue weighted by Gasteiger charge is 2.15. The second-order valence-corrected chi connectivity index (χ2v) is 6.18. The number of aliphatic hydroxyl groups excluding tert-OH is 1. The van der Waals surface area contributed by atoms with Crippen LogP contribution in [0.4, 0.5) is 0 Å². The molecule has 0 aliphatic rings. The van der Waals surface area contributed by atoms with Crippen molar-refractivity contribution >= 4 is 40.2 Å². The molecule has 0 aliphatic carbocycles. The fraction of sp³-hybridized carbons (Fsp3) is 0.176. The minimum atomic E-state index is -0.199. The van der Waals surface area contributed by atoms with Gasteiger partial charge in [0.25, 0.3) is 5.91 Å². The largest absolute Gasteiger partial charge is 0.436 e.